The van der Waals surface area contributed by atoms with E-state index in [1.54, 1.807) is 31.3 Å². The number of piperidine rings is 1. The van der Waals surface area contributed by atoms with Crippen LogP contribution in [0.15, 0.2) is 64.1 Å². The van der Waals surface area contributed by atoms with Crippen LogP contribution in [-0.4, -0.2) is 109 Å². The smallest absolute Gasteiger partial charge is 0.328 e. The number of allylic oxidation sites excluding steroid dienone is 1. The van der Waals surface area contributed by atoms with Crippen molar-refractivity contribution in [1.29, 1.82) is 0 Å². The maximum absolute atomic E-state index is 14.2. The highest BCUT2D eigenvalue weighted by atomic mass is 79.9. The number of aryl methyl sites for hydroxylation is 1. The summed E-state index contributed by atoms with van der Waals surface area (Å²) in [6.45, 7) is 5.09. The van der Waals surface area contributed by atoms with Gasteiger partial charge in [-0.1, -0.05) is 52.3 Å². The summed E-state index contributed by atoms with van der Waals surface area (Å²) in [4.78, 5) is 76.8. The molecule has 5 amide bonds. The second-order valence-electron chi connectivity index (χ2n) is 12.1. The number of aliphatic imine (C=N–C) groups is 1. The predicted molar refractivity (Wildman–Crippen MR) is 174 cm³/mol. The molecule has 2 fully saturated rings. The number of benzene rings is 2. The molecule has 3 aromatic rings. The summed E-state index contributed by atoms with van der Waals surface area (Å²) in [5.41, 5.74) is 2.36. The molecule has 0 radical (unpaired) electrons. The maximum Gasteiger partial charge on any atom is 0.328 e. The van der Waals surface area contributed by atoms with Crippen molar-refractivity contribution in [1.82, 2.24) is 34.5 Å². The molecule has 12 nitrogen and oxygen atoms in total. The number of aromatic nitrogens is 2. The van der Waals surface area contributed by atoms with Crippen molar-refractivity contribution < 1.29 is 19.2 Å². The molecule has 0 saturated carbocycles. The molecule has 2 aromatic carbocycles. The fraction of sp³-hybridized carbons (Fsp3) is 0.364. The van der Waals surface area contributed by atoms with Crippen LogP contribution in [0.3, 0.4) is 0 Å². The fourth-order valence-corrected chi connectivity index (χ4v) is 7.03. The van der Waals surface area contributed by atoms with Gasteiger partial charge >= 0.3 is 6.03 Å². The molecule has 236 valence electrons. The van der Waals surface area contributed by atoms with Crippen LogP contribution in [0, 0.1) is 6.92 Å². The van der Waals surface area contributed by atoms with E-state index in [1.165, 1.54) is 14.7 Å². The lowest BCUT2D eigenvalue weighted by Gasteiger charge is -2.43. The minimum absolute atomic E-state index is 0.0705. The Hall–Kier alpha value is -4.65. The number of likely N-dealkylation sites (N-methyl/N-ethyl adjacent to an activating group) is 1. The Morgan fingerprint density at radius 1 is 1.00 bits per heavy atom. The highest BCUT2D eigenvalue weighted by Crippen LogP contribution is 2.33. The lowest BCUT2D eigenvalue weighted by atomic mass is 10.0. The SMILES string of the molecule is C/C(Br)=C/CN1C(N2CCC[C@@H](N3C(=O)c4ccccc4C3=O)C2)=NC2C1C(=O)N(Cc1nc(C)c3ccccc3n1)C(=O)N2C. The number of rotatable bonds is 5. The van der Waals surface area contributed by atoms with E-state index in [2.05, 4.69) is 25.9 Å². The van der Waals surface area contributed by atoms with E-state index in [9.17, 15) is 19.2 Å². The quantitative estimate of drug-likeness (QED) is 0.373. The highest BCUT2D eigenvalue weighted by Gasteiger charge is 2.53. The van der Waals surface area contributed by atoms with Crippen LogP contribution in [0.4, 0.5) is 4.79 Å². The summed E-state index contributed by atoms with van der Waals surface area (Å²) in [6.07, 6.45) is 2.60. The van der Waals surface area contributed by atoms with Crippen LogP contribution in [-0.2, 0) is 11.3 Å². The number of para-hydroxylation sites is 1. The summed E-state index contributed by atoms with van der Waals surface area (Å²) < 4.78 is 0.891. The van der Waals surface area contributed by atoms with Crippen LogP contribution < -0.4 is 0 Å². The number of halogens is 1. The first-order chi connectivity index (χ1) is 22.1. The van der Waals surface area contributed by atoms with E-state index in [0.717, 1.165) is 27.5 Å². The number of imide groups is 2. The van der Waals surface area contributed by atoms with Crippen molar-refractivity contribution in [3.63, 3.8) is 0 Å². The zero-order valence-electron chi connectivity index (χ0n) is 25.8. The van der Waals surface area contributed by atoms with Gasteiger partial charge in [0.05, 0.1) is 29.2 Å². The van der Waals surface area contributed by atoms with Gasteiger partial charge in [0, 0.05) is 37.8 Å². The third-order valence-electron chi connectivity index (χ3n) is 9.15. The molecular weight excluding hydrogens is 652 g/mol. The third kappa shape index (κ3) is 4.93. The molecule has 5 heterocycles. The van der Waals surface area contributed by atoms with E-state index in [0.29, 0.717) is 49.0 Å². The molecule has 3 atom stereocenters. The number of guanidine groups is 1. The molecular formula is C33H33BrN8O4. The lowest BCUT2D eigenvalue weighted by molar-refractivity contribution is -0.138. The summed E-state index contributed by atoms with van der Waals surface area (Å²) in [7, 11) is 1.65. The van der Waals surface area contributed by atoms with Crippen molar-refractivity contribution in [2.24, 2.45) is 4.99 Å². The van der Waals surface area contributed by atoms with Gasteiger partial charge in [-0.3, -0.25) is 24.2 Å². The molecule has 0 bridgehead atoms. The first-order valence-electron chi connectivity index (χ1n) is 15.3. The van der Waals surface area contributed by atoms with Gasteiger partial charge in [-0.2, -0.15) is 0 Å². The van der Waals surface area contributed by atoms with E-state index >= 15 is 0 Å². The molecule has 0 aliphatic carbocycles. The first kappa shape index (κ1) is 30.0. The number of hydrogen-bond acceptors (Lipinski definition) is 9. The van der Waals surface area contributed by atoms with Gasteiger partial charge in [0.15, 0.2) is 18.2 Å². The average molecular weight is 686 g/mol. The number of likely N-dealkylation sites (tertiary alicyclic amines) is 1. The Morgan fingerprint density at radius 2 is 1.70 bits per heavy atom. The van der Waals surface area contributed by atoms with Crippen LogP contribution in [0.2, 0.25) is 0 Å². The molecule has 0 N–H and O–H groups in total. The number of carbonyl (C=O) groups excluding carboxylic acids is 4. The van der Waals surface area contributed by atoms with E-state index in [-0.39, 0.29) is 30.3 Å². The van der Waals surface area contributed by atoms with E-state index in [4.69, 9.17) is 4.99 Å². The summed E-state index contributed by atoms with van der Waals surface area (Å²) in [5.74, 6) is -0.00540. The Balaban J connectivity index is 1.17. The predicted octanol–water partition coefficient (Wildman–Crippen LogP) is 3.76. The van der Waals surface area contributed by atoms with Crippen molar-refractivity contribution in [2.75, 3.05) is 26.7 Å². The Labute approximate surface area is 274 Å². The fourth-order valence-electron chi connectivity index (χ4n) is 6.89. The Bertz CT molecular complexity index is 1820. The van der Waals surface area contributed by atoms with Gasteiger partial charge in [0.2, 0.25) is 0 Å². The maximum atomic E-state index is 14.2. The molecule has 0 spiro atoms. The zero-order valence-corrected chi connectivity index (χ0v) is 27.3. The molecule has 1 aromatic heterocycles. The molecule has 4 aliphatic heterocycles. The molecule has 13 heteroatoms. The van der Waals surface area contributed by atoms with Crippen LogP contribution >= 0.6 is 15.9 Å². The van der Waals surface area contributed by atoms with E-state index in [1.807, 2.05) is 54.0 Å². The molecule has 4 aliphatic rings. The lowest BCUT2D eigenvalue weighted by Crippen LogP contribution is -2.65. The van der Waals surface area contributed by atoms with Crippen molar-refractivity contribution in [3.8, 4) is 0 Å². The summed E-state index contributed by atoms with van der Waals surface area (Å²) in [5, 5.41) is 0.915. The third-order valence-corrected chi connectivity index (χ3v) is 9.47. The Morgan fingerprint density at radius 3 is 2.41 bits per heavy atom. The molecule has 46 heavy (non-hydrogen) atoms. The van der Waals surface area contributed by atoms with Crippen molar-refractivity contribution in [2.45, 2.75) is 51.5 Å². The van der Waals surface area contributed by atoms with Crippen LogP contribution in [0.25, 0.3) is 10.9 Å². The minimum Gasteiger partial charge on any atom is -0.341 e. The number of urea groups is 1. The minimum atomic E-state index is -0.776. The van der Waals surface area contributed by atoms with Gasteiger partial charge in [0.25, 0.3) is 17.7 Å². The second kappa shape index (κ2) is 11.6. The van der Waals surface area contributed by atoms with Gasteiger partial charge < -0.3 is 14.7 Å². The normalized spacial score (nSPS) is 23.5. The second-order valence-corrected chi connectivity index (χ2v) is 13.3. The van der Waals surface area contributed by atoms with Gasteiger partial charge in [-0.05, 0) is 49.4 Å². The molecule has 2 unspecified atom stereocenters. The van der Waals surface area contributed by atoms with Gasteiger partial charge in [-0.15, -0.1) is 0 Å². The largest absolute Gasteiger partial charge is 0.341 e. The van der Waals surface area contributed by atoms with Gasteiger partial charge in [-0.25, -0.2) is 19.8 Å². The first-order valence-corrected chi connectivity index (χ1v) is 16.1. The highest BCUT2D eigenvalue weighted by molar-refractivity contribution is 9.11. The summed E-state index contributed by atoms with van der Waals surface area (Å²) >= 11 is 3.51. The number of hydrogen-bond donors (Lipinski definition) is 0. The number of amides is 5. The Kier molecular flexibility index (Phi) is 7.58. The van der Waals surface area contributed by atoms with Crippen LogP contribution in [0.5, 0.6) is 0 Å². The average Bonchev–Trinajstić information content (AvgIpc) is 3.56. The monoisotopic (exact) mass is 684 g/mol. The number of carbonyl (C=O) groups is 4. The van der Waals surface area contributed by atoms with Crippen molar-refractivity contribution >= 4 is 56.5 Å². The van der Waals surface area contributed by atoms with Gasteiger partial charge in [0.1, 0.15) is 5.82 Å². The van der Waals surface area contributed by atoms with E-state index < -0.39 is 18.2 Å². The molecule has 7 rings (SSSR count). The molecule has 2 saturated heterocycles. The standard InChI is InChI=1S/C33H33BrN8O4/c1-19(34)14-16-40-27-28(38(3)33(46)41(31(27)45)18-26-35-20(2)22-10-6-7-13-25(22)36-26)37-32(40)39-15-8-9-21(17-39)42-29(43)23-11-4-5-12-24(23)30(42)44/h4-7,10-14,21,27-28H,8-9,15-18H2,1-3H3/b19-14-/t21-,27?,28?/m1/s1. The van der Waals surface area contributed by atoms with Crippen LogP contribution in [0.1, 0.15) is 52.0 Å². The zero-order chi connectivity index (χ0) is 32.3. The summed E-state index contributed by atoms with van der Waals surface area (Å²) in [6, 6.07) is 12.9. The number of fused-ring (bicyclic) bond motifs is 3. The van der Waals surface area contributed by atoms with Crippen molar-refractivity contribution in [3.05, 3.63) is 81.7 Å². The topological polar surface area (TPSA) is 123 Å². The number of nitrogens with zero attached hydrogens (tertiary/aromatic N) is 8.